The molecule has 0 unspecified atom stereocenters. The van der Waals surface area contributed by atoms with Crippen molar-refractivity contribution in [2.45, 2.75) is 110 Å². The van der Waals surface area contributed by atoms with Crippen LogP contribution in [0.15, 0.2) is 36.7 Å². The van der Waals surface area contributed by atoms with Crippen LogP contribution in [-0.2, 0) is 4.74 Å². The first-order chi connectivity index (χ1) is 17.8. The number of unbranched alkanes of at least 4 members (excludes halogenated alkanes) is 12. The molecule has 2 rings (SSSR count). The molecule has 0 fully saturated rings. The summed E-state index contributed by atoms with van der Waals surface area (Å²) in [6.45, 7) is 7.62. The predicted octanol–water partition coefficient (Wildman–Crippen LogP) is 8.81. The normalized spacial score (nSPS) is 11.1. The fourth-order valence-electron chi connectivity index (χ4n) is 4.07. The van der Waals surface area contributed by atoms with Gasteiger partial charge in [0.2, 0.25) is 0 Å². The molecule has 0 atom stereocenters. The third kappa shape index (κ3) is 14.4. The second-order valence-electron chi connectivity index (χ2n) is 9.67. The Hall–Kier alpha value is -2.14. The maximum atomic E-state index is 5.91. The van der Waals surface area contributed by atoms with Gasteiger partial charge in [0.05, 0.1) is 25.6 Å². The van der Waals surface area contributed by atoms with E-state index in [1.54, 1.807) is 12.4 Å². The molecule has 1 aromatic carbocycles. The maximum absolute atomic E-state index is 5.91. The number of benzene rings is 1. The molecule has 36 heavy (non-hydrogen) atoms. The molecule has 5 nitrogen and oxygen atoms in total. The van der Waals surface area contributed by atoms with Crippen molar-refractivity contribution in [3.8, 4) is 22.9 Å². The first-order valence-electron chi connectivity index (χ1n) is 14.6. The highest BCUT2D eigenvalue weighted by molar-refractivity contribution is 5.56. The van der Waals surface area contributed by atoms with E-state index in [-0.39, 0.29) is 0 Å². The van der Waals surface area contributed by atoms with Gasteiger partial charge in [-0.15, -0.1) is 0 Å². The number of nitrogens with zero attached hydrogens (tertiary/aromatic N) is 2. The van der Waals surface area contributed by atoms with Crippen LogP contribution in [-0.4, -0.2) is 36.4 Å². The van der Waals surface area contributed by atoms with Gasteiger partial charge in [-0.2, -0.15) is 0 Å². The molecule has 1 aromatic heterocycles. The topological polar surface area (TPSA) is 53.5 Å². The monoisotopic (exact) mass is 498 g/mol. The highest BCUT2D eigenvalue weighted by atomic mass is 16.5. The van der Waals surface area contributed by atoms with Gasteiger partial charge in [0, 0.05) is 18.8 Å². The SMILES string of the molecule is CCCCCCCCCCCOc1ccc(-c2ncc(OCCCCOCCCCCC)cn2)cc1. The summed E-state index contributed by atoms with van der Waals surface area (Å²) in [6, 6.07) is 8.04. The molecular weight excluding hydrogens is 448 g/mol. The Labute approximate surface area is 220 Å². The third-order valence-corrected chi connectivity index (χ3v) is 6.35. The quantitative estimate of drug-likeness (QED) is 0.143. The summed E-state index contributed by atoms with van der Waals surface area (Å²) in [7, 11) is 0. The van der Waals surface area contributed by atoms with Crippen molar-refractivity contribution in [3.63, 3.8) is 0 Å². The van der Waals surface area contributed by atoms with Gasteiger partial charge in [0.25, 0.3) is 0 Å². The molecule has 0 aliphatic rings. The Morgan fingerprint density at radius 2 is 0.944 bits per heavy atom. The highest BCUT2D eigenvalue weighted by Gasteiger charge is 2.04. The van der Waals surface area contributed by atoms with E-state index in [0.29, 0.717) is 18.2 Å². The van der Waals surface area contributed by atoms with Crippen LogP contribution in [0.4, 0.5) is 0 Å². The van der Waals surface area contributed by atoms with Crippen LogP contribution in [0.25, 0.3) is 11.4 Å². The zero-order valence-electron chi connectivity index (χ0n) is 23.0. The van der Waals surface area contributed by atoms with Crippen molar-refractivity contribution < 1.29 is 14.2 Å². The molecule has 202 valence electrons. The van der Waals surface area contributed by atoms with Crippen molar-refractivity contribution in [3.05, 3.63) is 36.7 Å². The maximum Gasteiger partial charge on any atom is 0.159 e. The molecule has 1 heterocycles. The first-order valence-corrected chi connectivity index (χ1v) is 14.6. The molecule has 5 heteroatoms. The fraction of sp³-hybridized carbons (Fsp3) is 0.677. The Kier molecular flexibility index (Phi) is 17.5. The smallest absolute Gasteiger partial charge is 0.159 e. The van der Waals surface area contributed by atoms with E-state index in [9.17, 15) is 0 Å². The first kappa shape index (κ1) is 30.1. The van der Waals surface area contributed by atoms with Crippen molar-refractivity contribution >= 4 is 0 Å². The molecule has 0 N–H and O–H groups in total. The number of aromatic nitrogens is 2. The Balaban J connectivity index is 1.53. The highest BCUT2D eigenvalue weighted by Crippen LogP contribution is 2.21. The molecule has 0 bridgehead atoms. The van der Waals surface area contributed by atoms with Crippen molar-refractivity contribution in [2.24, 2.45) is 0 Å². The van der Waals surface area contributed by atoms with Crippen LogP contribution >= 0.6 is 0 Å². The second-order valence-corrected chi connectivity index (χ2v) is 9.67. The van der Waals surface area contributed by atoms with Crippen LogP contribution in [0.3, 0.4) is 0 Å². The van der Waals surface area contributed by atoms with Crippen molar-refractivity contribution in [1.82, 2.24) is 9.97 Å². The van der Waals surface area contributed by atoms with E-state index < -0.39 is 0 Å². The lowest BCUT2D eigenvalue weighted by Gasteiger charge is -2.08. The Morgan fingerprint density at radius 1 is 0.500 bits per heavy atom. The molecule has 2 aromatic rings. The van der Waals surface area contributed by atoms with Gasteiger partial charge < -0.3 is 14.2 Å². The molecule has 0 amide bonds. The van der Waals surface area contributed by atoms with Crippen LogP contribution in [0.2, 0.25) is 0 Å². The van der Waals surface area contributed by atoms with Gasteiger partial charge >= 0.3 is 0 Å². The molecule has 0 aliphatic carbocycles. The molecule has 0 saturated carbocycles. The average Bonchev–Trinajstić information content (AvgIpc) is 2.91. The third-order valence-electron chi connectivity index (χ3n) is 6.35. The lowest BCUT2D eigenvalue weighted by atomic mass is 10.1. The summed E-state index contributed by atoms with van der Waals surface area (Å²) < 4.78 is 17.4. The minimum absolute atomic E-state index is 0.660. The second kappa shape index (κ2) is 21.0. The Bertz CT molecular complexity index is 684. The number of hydrogen-bond acceptors (Lipinski definition) is 5. The summed E-state index contributed by atoms with van der Waals surface area (Å²) in [5.74, 6) is 2.31. The molecule has 0 spiro atoms. The van der Waals surface area contributed by atoms with Gasteiger partial charge in [-0.3, -0.25) is 0 Å². The minimum Gasteiger partial charge on any atom is -0.494 e. The van der Waals surface area contributed by atoms with Crippen LogP contribution in [0.1, 0.15) is 110 Å². The minimum atomic E-state index is 0.660. The number of hydrogen-bond donors (Lipinski definition) is 0. The van der Waals surface area contributed by atoms with E-state index >= 15 is 0 Å². The van der Waals surface area contributed by atoms with E-state index in [0.717, 1.165) is 50.4 Å². The zero-order valence-corrected chi connectivity index (χ0v) is 23.0. The summed E-state index contributed by atoms with van der Waals surface area (Å²) in [6.07, 6.45) is 22.4. The summed E-state index contributed by atoms with van der Waals surface area (Å²) in [5.41, 5.74) is 0.980. The van der Waals surface area contributed by atoms with Crippen molar-refractivity contribution in [1.29, 1.82) is 0 Å². The molecule has 0 aliphatic heterocycles. The van der Waals surface area contributed by atoms with E-state index in [4.69, 9.17) is 14.2 Å². The summed E-state index contributed by atoms with van der Waals surface area (Å²) in [5, 5.41) is 0. The van der Waals surface area contributed by atoms with Crippen LogP contribution in [0.5, 0.6) is 11.5 Å². The summed E-state index contributed by atoms with van der Waals surface area (Å²) in [4.78, 5) is 8.94. The Morgan fingerprint density at radius 3 is 1.56 bits per heavy atom. The van der Waals surface area contributed by atoms with Gasteiger partial charge in [-0.1, -0.05) is 84.5 Å². The number of ether oxygens (including phenoxy) is 3. The lowest BCUT2D eigenvalue weighted by Crippen LogP contribution is -2.02. The standard InChI is InChI=1S/C31H50N2O3/c1-3-5-7-9-10-11-12-13-15-24-35-29-20-18-28(19-21-29)31-32-26-30(27-33-31)36-25-17-16-23-34-22-14-8-6-4-2/h18-21,26-27H,3-17,22-25H2,1-2H3. The summed E-state index contributed by atoms with van der Waals surface area (Å²) >= 11 is 0. The van der Waals surface area contributed by atoms with Gasteiger partial charge in [0.1, 0.15) is 5.75 Å². The lowest BCUT2D eigenvalue weighted by molar-refractivity contribution is 0.122. The van der Waals surface area contributed by atoms with Crippen LogP contribution < -0.4 is 9.47 Å². The average molecular weight is 499 g/mol. The van der Waals surface area contributed by atoms with E-state index in [1.165, 1.54) is 77.0 Å². The largest absolute Gasteiger partial charge is 0.494 e. The number of rotatable bonds is 23. The van der Waals surface area contributed by atoms with E-state index in [1.807, 2.05) is 24.3 Å². The van der Waals surface area contributed by atoms with Crippen molar-refractivity contribution in [2.75, 3.05) is 26.4 Å². The predicted molar refractivity (Wildman–Crippen MR) is 150 cm³/mol. The molecule has 0 radical (unpaired) electrons. The van der Waals surface area contributed by atoms with Crippen LogP contribution in [0, 0.1) is 0 Å². The van der Waals surface area contributed by atoms with Gasteiger partial charge in [0.15, 0.2) is 11.6 Å². The van der Waals surface area contributed by atoms with Gasteiger partial charge in [-0.05, 0) is 49.9 Å². The fourth-order valence-corrected chi connectivity index (χ4v) is 4.07. The van der Waals surface area contributed by atoms with E-state index in [2.05, 4.69) is 23.8 Å². The molecular formula is C31H50N2O3. The zero-order chi connectivity index (χ0) is 25.5. The molecule has 0 saturated heterocycles. The van der Waals surface area contributed by atoms with Gasteiger partial charge in [-0.25, -0.2) is 9.97 Å².